The zero-order valence-corrected chi connectivity index (χ0v) is 11.6. The molecule has 0 saturated carbocycles. The number of nitrogens with zero attached hydrogens (tertiary/aromatic N) is 3. The summed E-state index contributed by atoms with van der Waals surface area (Å²) in [5.74, 6) is -0.763. The standard InChI is InChI=1S/C12H15N3O3S/c1-3-18-10(16)5-4-9-8(2)14-15(11(9)17)12-13-6-7-19-12/h6-7,9H,3-5H2,1-2H3. The summed E-state index contributed by atoms with van der Waals surface area (Å²) < 4.78 is 4.86. The molecule has 1 amide bonds. The number of hydrogen-bond acceptors (Lipinski definition) is 6. The Kier molecular flexibility index (Phi) is 4.26. The molecular weight excluding hydrogens is 266 g/mol. The first-order valence-corrected chi connectivity index (χ1v) is 6.95. The minimum atomic E-state index is -0.353. The number of carbonyl (C=O) groups excluding carboxylic acids is 2. The van der Waals surface area contributed by atoms with Crippen molar-refractivity contribution in [3.8, 4) is 0 Å². The first kappa shape index (κ1) is 13.7. The maximum Gasteiger partial charge on any atom is 0.305 e. The number of thiazole rings is 1. The molecule has 0 aromatic carbocycles. The highest BCUT2D eigenvalue weighted by molar-refractivity contribution is 7.13. The van der Waals surface area contributed by atoms with E-state index in [0.29, 0.717) is 23.9 Å². The number of hydrogen-bond donors (Lipinski definition) is 0. The Balaban J connectivity index is 1.99. The minimum Gasteiger partial charge on any atom is -0.466 e. The van der Waals surface area contributed by atoms with Crippen LogP contribution < -0.4 is 5.01 Å². The van der Waals surface area contributed by atoms with E-state index in [1.165, 1.54) is 16.3 Å². The highest BCUT2D eigenvalue weighted by Gasteiger charge is 2.35. The van der Waals surface area contributed by atoms with E-state index in [4.69, 9.17) is 4.74 Å². The molecule has 102 valence electrons. The van der Waals surface area contributed by atoms with Gasteiger partial charge in [-0.25, -0.2) is 4.98 Å². The summed E-state index contributed by atoms with van der Waals surface area (Å²) in [6, 6.07) is 0. The van der Waals surface area contributed by atoms with Gasteiger partial charge in [0, 0.05) is 23.7 Å². The van der Waals surface area contributed by atoms with Crippen LogP contribution in [0, 0.1) is 5.92 Å². The van der Waals surface area contributed by atoms with Crippen molar-refractivity contribution in [3.05, 3.63) is 11.6 Å². The minimum absolute atomic E-state index is 0.128. The number of hydrazone groups is 1. The normalized spacial score (nSPS) is 18.6. The van der Waals surface area contributed by atoms with Crippen molar-refractivity contribution in [1.82, 2.24) is 4.98 Å². The fourth-order valence-electron chi connectivity index (χ4n) is 1.89. The molecule has 2 rings (SSSR count). The van der Waals surface area contributed by atoms with Gasteiger partial charge in [-0.2, -0.15) is 10.1 Å². The molecule has 0 spiro atoms. The molecule has 0 N–H and O–H groups in total. The molecule has 19 heavy (non-hydrogen) atoms. The van der Waals surface area contributed by atoms with Gasteiger partial charge >= 0.3 is 5.97 Å². The fourth-order valence-corrected chi connectivity index (χ4v) is 2.48. The molecule has 7 heteroatoms. The largest absolute Gasteiger partial charge is 0.466 e. The number of ether oxygens (including phenoxy) is 1. The fraction of sp³-hybridized carbons (Fsp3) is 0.500. The molecule has 2 heterocycles. The topological polar surface area (TPSA) is 71.9 Å². The Morgan fingerprint density at radius 2 is 2.37 bits per heavy atom. The SMILES string of the molecule is CCOC(=O)CCC1C(=O)N(c2nccs2)N=C1C. The number of anilines is 1. The average Bonchev–Trinajstić information content (AvgIpc) is 2.97. The Labute approximate surface area is 115 Å². The number of amides is 1. The summed E-state index contributed by atoms with van der Waals surface area (Å²) in [4.78, 5) is 27.6. The van der Waals surface area contributed by atoms with E-state index in [0.717, 1.165) is 0 Å². The lowest BCUT2D eigenvalue weighted by atomic mass is 9.99. The van der Waals surface area contributed by atoms with Gasteiger partial charge < -0.3 is 4.74 Å². The van der Waals surface area contributed by atoms with Crippen LogP contribution >= 0.6 is 11.3 Å². The lowest BCUT2D eigenvalue weighted by Gasteiger charge is -2.11. The molecular formula is C12H15N3O3S. The zero-order chi connectivity index (χ0) is 13.8. The zero-order valence-electron chi connectivity index (χ0n) is 10.8. The van der Waals surface area contributed by atoms with E-state index in [1.54, 1.807) is 25.4 Å². The maximum atomic E-state index is 12.2. The molecule has 1 aromatic heterocycles. The van der Waals surface area contributed by atoms with Gasteiger partial charge in [-0.1, -0.05) is 0 Å². The molecule has 6 nitrogen and oxygen atoms in total. The van der Waals surface area contributed by atoms with Gasteiger partial charge in [0.15, 0.2) is 0 Å². The van der Waals surface area contributed by atoms with Crippen LogP contribution in [-0.2, 0) is 14.3 Å². The molecule has 0 aliphatic carbocycles. The van der Waals surface area contributed by atoms with Gasteiger partial charge in [-0.05, 0) is 20.3 Å². The van der Waals surface area contributed by atoms with Crippen LogP contribution in [0.3, 0.4) is 0 Å². The van der Waals surface area contributed by atoms with E-state index >= 15 is 0 Å². The van der Waals surface area contributed by atoms with Gasteiger partial charge in [0.2, 0.25) is 5.13 Å². The van der Waals surface area contributed by atoms with Crippen molar-refractivity contribution < 1.29 is 14.3 Å². The molecule has 0 saturated heterocycles. The molecule has 1 aliphatic rings. The van der Waals surface area contributed by atoms with Crippen LogP contribution in [0.5, 0.6) is 0 Å². The predicted molar refractivity (Wildman–Crippen MR) is 72.1 cm³/mol. The quantitative estimate of drug-likeness (QED) is 0.772. The number of aromatic nitrogens is 1. The third-order valence-corrected chi connectivity index (χ3v) is 3.56. The first-order chi connectivity index (χ1) is 9.13. The predicted octanol–water partition coefficient (Wildman–Crippen LogP) is 1.83. The van der Waals surface area contributed by atoms with Crippen molar-refractivity contribution in [3.63, 3.8) is 0 Å². The molecule has 0 radical (unpaired) electrons. The summed E-state index contributed by atoms with van der Waals surface area (Å²) in [6.07, 6.45) is 2.28. The number of esters is 1. The van der Waals surface area contributed by atoms with Crippen molar-refractivity contribution in [2.24, 2.45) is 11.0 Å². The summed E-state index contributed by atoms with van der Waals surface area (Å²) in [7, 11) is 0. The van der Waals surface area contributed by atoms with Crippen LogP contribution in [0.15, 0.2) is 16.7 Å². The average molecular weight is 281 g/mol. The highest BCUT2D eigenvalue weighted by Crippen LogP contribution is 2.27. The third-order valence-electron chi connectivity index (χ3n) is 2.81. The second-order valence-electron chi connectivity index (χ2n) is 4.10. The van der Waals surface area contributed by atoms with Gasteiger partial charge in [-0.3, -0.25) is 9.59 Å². The number of rotatable bonds is 5. The van der Waals surface area contributed by atoms with E-state index in [9.17, 15) is 9.59 Å². The van der Waals surface area contributed by atoms with Crippen molar-refractivity contribution in [1.29, 1.82) is 0 Å². The van der Waals surface area contributed by atoms with Crippen LogP contribution in [-0.4, -0.2) is 29.2 Å². The van der Waals surface area contributed by atoms with Crippen molar-refractivity contribution in [2.75, 3.05) is 11.6 Å². The van der Waals surface area contributed by atoms with Crippen molar-refractivity contribution in [2.45, 2.75) is 26.7 Å². The van der Waals surface area contributed by atoms with E-state index in [1.807, 2.05) is 0 Å². The van der Waals surface area contributed by atoms with Crippen LogP contribution in [0.1, 0.15) is 26.7 Å². The smallest absolute Gasteiger partial charge is 0.305 e. The molecule has 1 aliphatic heterocycles. The maximum absolute atomic E-state index is 12.2. The van der Waals surface area contributed by atoms with Gasteiger partial charge in [0.1, 0.15) is 0 Å². The summed E-state index contributed by atoms with van der Waals surface area (Å²) >= 11 is 1.36. The summed E-state index contributed by atoms with van der Waals surface area (Å²) in [5.41, 5.74) is 0.712. The Hall–Kier alpha value is -1.76. The monoisotopic (exact) mass is 281 g/mol. The Morgan fingerprint density at radius 1 is 1.58 bits per heavy atom. The Morgan fingerprint density at radius 3 is 3.00 bits per heavy atom. The second-order valence-corrected chi connectivity index (χ2v) is 4.98. The van der Waals surface area contributed by atoms with E-state index < -0.39 is 0 Å². The lowest BCUT2D eigenvalue weighted by Crippen LogP contribution is -2.27. The van der Waals surface area contributed by atoms with Crippen LogP contribution in [0.25, 0.3) is 0 Å². The molecule has 0 bridgehead atoms. The molecule has 1 unspecified atom stereocenters. The third kappa shape index (κ3) is 2.98. The second kappa shape index (κ2) is 5.92. The van der Waals surface area contributed by atoms with E-state index in [-0.39, 0.29) is 24.2 Å². The number of carbonyl (C=O) groups is 2. The van der Waals surface area contributed by atoms with Gasteiger partial charge in [0.05, 0.1) is 12.5 Å². The molecule has 1 aromatic rings. The Bertz CT molecular complexity index is 498. The highest BCUT2D eigenvalue weighted by atomic mass is 32.1. The van der Waals surface area contributed by atoms with E-state index in [2.05, 4.69) is 10.1 Å². The lowest BCUT2D eigenvalue weighted by molar-refractivity contribution is -0.143. The van der Waals surface area contributed by atoms with Crippen molar-refractivity contribution >= 4 is 34.1 Å². The van der Waals surface area contributed by atoms with Gasteiger partial charge in [-0.15, -0.1) is 11.3 Å². The first-order valence-electron chi connectivity index (χ1n) is 6.07. The molecule has 0 fully saturated rings. The molecule has 1 atom stereocenters. The summed E-state index contributed by atoms with van der Waals surface area (Å²) in [6.45, 7) is 3.91. The van der Waals surface area contributed by atoms with Crippen LogP contribution in [0.2, 0.25) is 0 Å². The summed E-state index contributed by atoms with van der Waals surface area (Å²) in [5, 5.41) is 7.88. The van der Waals surface area contributed by atoms with Crippen LogP contribution in [0.4, 0.5) is 5.13 Å². The van der Waals surface area contributed by atoms with Gasteiger partial charge in [0.25, 0.3) is 5.91 Å².